The maximum atomic E-state index is 13.5. The van der Waals surface area contributed by atoms with Crippen LogP contribution in [0.1, 0.15) is 42.3 Å². The average molecular weight is 580 g/mol. The fourth-order valence-electron chi connectivity index (χ4n) is 6.43. The summed E-state index contributed by atoms with van der Waals surface area (Å²) >= 11 is 3.44. The number of carbonyl (C=O) groups is 2. The number of benzene rings is 4. The second-order valence-corrected chi connectivity index (χ2v) is 13.2. The molecule has 4 aromatic carbocycles. The summed E-state index contributed by atoms with van der Waals surface area (Å²) in [5.41, 5.74) is 9.57. The van der Waals surface area contributed by atoms with Crippen molar-refractivity contribution in [2.45, 2.75) is 20.8 Å². The molecule has 5 heteroatoms. The molecule has 1 aliphatic carbocycles. The molecule has 0 amide bonds. The van der Waals surface area contributed by atoms with Gasteiger partial charge < -0.3 is 4.57 Å². The van der Waals surface area contributed by atoms with Gasteiger partial charge in [-0.2, -0.15) is 0 Å². The molecule has 0 saturated carbocycles. The zero-order chi connectivity index (χ0) is 28.7. The van der Waals surface area contributed by atoms with Gasteiger partial charge in [0.15, 0.2) is 11.6 Å². The third-order valence-electron chi connectivity index (χ3n) is 8.20. The Morgan fingerprint density at radius 3 is 1.86 bits per heavy atom. The highest BCUT2D eigenvalue weighted by Crippen LogP contribution is 2.46. The Morgan fingerprint density at radius 2 is 1.21 bits per heavy atom. The molecule has 3 heterocycles. The van der Waals surface area contributed by atoms with Gasteiger partial charge in [0.25, 0.3) is 0 Å². The van der Waals surface area contributed by atoms with Crippen LogP contribution in [0.5, 0.6) is 0 Å². The van der Waals surface area contributed by atoms with Crippen molar-refractivity contribution >= 4 is 71.5 Å². The van der Waals surface area contributed by atoms with E-state index in [1.54, 1.807) is 28.7 Å². The number of carbonyl (C=O) groups excluding carboxylic acids is 2. The molecule has 0 fully saturated rings. The Labute approximate surface area is 251 Å². The molecule has 0 spiro atoms. The van der Waals surface area contributed by atoms with Gasteiger partial charge in [0, 0.05) is 20.9 Å². The van der Waals surface area contributed by atoms with Crippen LogP contribution in [-0.2, 0) is 0 Å². The van der Waals surface area contributed by atoms with E-state index in [0.717, 1.165) is 21.2 Å². The van der Waals surface area contributed by atoms with Crippen molar-refractivity contribution in [3.63, 3.8) is 0 Å². The molecular weight excluding hydrogens is 555 g/mol. The first-order valence-corrected chi connectivity index (χ1v) is 15.6. The maximum Gasteiger partial charge on any atom is 0.197 e. The number of hydrogen-bond acceptors (Lipinski definition) is 4. The number of allylic oxidation sites excluding steroid dienone is 1. The van der Waals surface area contributed by atoms with Gasteiger partial charge >= 0.3 is 0 Å². The highest BCUT2D eigenvalue weighted by molar-refractivity contribution is 7.29. The van der Waals surface area contributed by atoms with Gasteiger partial charge in [-0.1, -0.05) is 72.3 Å². The molecule has 0 unspecified atom stereocenters. The van der Waals surface area contributed by atoms with E-state index >= 15 is 0 Å². The van der Waals surface area contributed by atoms with Crippen LogP contribution in [0.15, 0.2) is 96.6 Å². The summed E-state index contributed by atoms with van der Waals surface area (Å²) in [7, 11) is 0. The van der Waals surface area contributed by atoms with Crippen LogP contribution in [0.25, 0.3) is 53.4 Å². The Kier molecular flexibility index (Phi) is 5.52. The molecule has 0 atom stereocenters. The third kappa shape index (κ3) is 3.71. The fourth-order valence-corrected chi connectivity index (χ4v) is 8.81. The van der Waals surface area contributed by atoms with Crippen LogP contribution in [0.4, 0.5) is 0 Å². The number of aromatic nitrogens is 1. The Hall–Kier alpha value is -4.58. The van der Waals surface area contributed by atoms with Crippen LogP contribution < -0.4 is 0 Å². The van der Waals surface area contributed by atoms with Crippen LogP contribution >= 0.6 is 22.7 Å². The molecule has 3 aromatic heterocycles. The molecule has 1 aliphatic rings. The summed E-state index contributed by atoms with van der Waals surface area (Å²) < 4.78 is 4.76. The predicted molar refractivity (Wildman–Crippen MR) is 177 cm³/mol. The SMILES string of the molecule is Cc1cc(C)c(-n2c3cc(C=C4C(=O)c5cc6ccccc6cc5C4=O)sc3c3sc(-c4ccccc4)cc32)c(C)c1. The number of nitrogens with zero attached hydrogens (tertiary/aromatic N) is 1. The number of thiophene rings is 2. The van der Waals surface area contributed by atoms with Crippen molar-refractivity contribution in [2.75, 3.05) is 0 Å². The summed E-state index contributed by atoms with van der Waals surface area (Å²) in [5.74, 6) is -0.390. The van der Waals surface area contributed by atoms with Gasteiger partial charge in [0.2, 0.25) is 0 Å². The number of hydrogen-bond donors (Lipinski definition) is 0. The van der Waals surface area contributed by atoms with Gasteiger partial charge in [-0.05, 0) is 78.6 Å². The van der Waals surface area contributed by atoms with Crippen LogP contribution in [0.3, 0.4) is 0 Å². The first kappa shape index (κ1) is 25.2. The third-order valence-corrected chi connectivity index (χ3v) is 10.6. The quantitative estimate of drug-likeness (QED) is 0.154. The first-order chi connectivity index (χ1) is 20.4. The predicted octanol–water partition coefficient (Wildman–Crippen LogP) is 10.1. The maximum absolute atomic E-state index is 13.5. The van der Waals surface area contributed by atoms with E-state index in [-0.39, 0.29) is 17.1 Å². The zero-order valence-corrected chi connectivity index (χ0v) is 25.0. The average Bonchev–Trinajstić information content (AvgIpc) is 3.71. The summed E-state index contributed by atoms with van der Waals surface area (Å²) in [5, 5.41) is 1.93. The number of Topliss-reactive ketones (excluding diaryl/α,β-unsaturated/α-hetero) is 2. The topological polar surface area (TPSA) is 39.1 Å². The van der Waals surface area contributed by atoms with Crippen LogP contribution in [0, 0.1) is 20.8 Å². The summed E-state index contributed by atoms with van der Waals surface area (Å²) in [6.07, 6.45) is 1.80. The van der Waals surface area contributed by atoms with Crippen LogP contribution in [-0.4, -0.2) is 16.1 Å². The molecule has 0 aliphatic heterocycles. The van der Waals surface area contributed by atoms with E-state index in [9.17, 15) is 9.59 Å². The van der Waals surface area contributed by atoms with E-state index in [0.29, 0.717) is 11.1 Å². The van der Waals surface area contributed by atoms with Gasteiger partial charge in [-0.3, -0.25) is 9.59 Å². The van der Waals surface area contributed by atoms with Crippen molar-refractivity contribution < 1.29 is 9.59 Å². The number of aryl methyl sites for hydroxylation is 3. The molecule has 202 valence electrons. The van der Waals surface area contributed by atoms with E-state index in [4.69, 9.17) is 0 Å². The Morgan fingerprint density at radius 1 is 0.643 bits per heavy atom. The molecule has 0 bridgehead atoms. The fraction of sp³-hybridized carbons (Fsp3) is 0.0811. The minimum atomic E-state index is -0.195. The summed E-state index contributed by atoms with van der Waals surface area (Å²) in [4.78, 5) is 29.1. The smallest absolute Gasteiger partial charge is 0.197 e. The number of ketones is 2. The van der Waals surface area contributed by atoms with E-state index < -0.39 is 0 Å². The largest absolute Gasteiger partial charge is 0.307 e. The second-order valence-electron chi connectivity index (χ2n) is 11.1. The van der Waals surface area contributed by atoms with Crippen molar-refractivity contribution in [1.82, 2.24) is 4.57 Å². The van der Waals surface area contributed by atoms with Crippen molar-refractivity contribution in [3.05, 3.63) is 129 Å². The molecule has 7 aromatic rings. The lowest BCUT2D eigenvalue weighted by Gasteiger charge is -2.14. The number of fused-ring (bicyclic) bond motifs is 5. The summed E-state index contributed by atoms with van der Waals surface area (Å²) in [6.45, 7) is 6.47. The van der Waals surface area contributed by atoms with E-state index in [2.05, 4.69) is 73.9 Å². The normalized spacial score (nSPS) is 13.2. The van der Waals surface area contributed by atoms with Gasteiger partial charge in [0.1, 0.15) is 0 Å². The molecule has 3 nitrogen and oxygen atoms in total. The van der Waals surface area contributed by atoms with Gasteiger partial charge in [-0.15, -0.1) is 22.7 Å². The molecule has 0 radical (unpaired) electrons. The van der Waals surface area contributed by atoms with Crippen molar-refractivity contribution in [2.24, 2.45) is 0 Å². The molecule has 42 heavy (non-hydrogen) atoms. The second kappa shape index (κ2) is 9.21. The van der Waals surface area contributed by atoms with Gasteiger partial charge in [-0.25, -0.2) is 0 Å². The molecule has 8 rings (SSSR count). The van der Waals surface area contributed by atoms with Crippen LogP contribution in [0.2, 0.25) is 0 Å². The van der Waals surface area contributed by atoms with E-state index in [1.807, 2.05) is 42.5 Å². The Balaban J connectivity index is 1.33. The first-order valence-electron chi connectivity index (χ1n) is 13.9. The van der Waals surface area contributed by atoms with Gasteiger partial charge in [0.05, 0.1) is 31.7 Å². The van der Waals surface area contributed by atoms with Crippen molar-refractivity contribution in [1.29, 1.82) is 0 Å². The number of rotatable bonds is 3. The van der Waals surface area contributed by atoms with Crippen molar-refractivity contribution in [3.8, 4) is 16.1 Å². The highest BCUT2D eigenvalue weighted by Gasteiger charge is 2.34. The van der Waals surface area contributed by atoms with E-state index in [1.165, 1.54) is 47.7 Å². The zero-order valence-electron chi connectivity index (χ0n) is 23.3. The molecule has 0 saturated heterocycles. The lowest BCUT2D eigenvalue weighted by Crippen LogP contribution is -2.00. The molecule has 0 N–H and O–H groups in total. The Bertz CT molecular complexity index is 2230. The minimum Gasteiger partial charge on any atom is -0.307 e. The standard InChI is InChI=1S/C37H25NO2S2/c1-20-13-21(2)33(22(3)14-20)38-30-18-26(41-36(30)37-31(38)19-32(42-37)23-9-5-4-6-10-23)17-29-34(39)27-15-24-11-7-8-12-25(24)16-28(27)35(29)40/h4-19H,1-3H3. The highest BCUT2D eigenvalue weighted by atomic mass is 32.1. The summed E-state index contributed by atoms with van der Waals surface area (Å²) in [6, 6.07) is 31.0. The lowest BCUT2D eigenvalue weighted by molar-refractivity contribution is 0.0990. The lowest BCUT2D eigenvalue weighted by atomic mass is 10.0. The molecular formula is C37H25NO2S2. The monoisotopic (exact) mass is 579 g/mol. The minimum absolute atomic E-state index is 0.195.